The summed E-state index contributed by atoms with van der Waals surface area (Å²) in [7, 11) is 0. The Kier molecular flexibility index (Phi) is 4.11. The van der Waals surface area contributed by atoms with Crippen LogP contribution in [0.5, 0.6) is 0 Å². The van der Waals surface area contributed by atoms with Gasteiger partial charge in [-0.2, -0.15) is 0 Å². The van der Waals surface area contributed by atoms with Gasteiger partial charge in [0.25, 0.3) is 11.7 Å². The van der Waals surface area contributed by atoms with E-state index < -0.39 is 17.6 Å². The molecule has 7 heteroatoms. The fourth-order valence-electron chi connectivity index (χ4n) is 1.89. The molecule has 1 heterocycles. The molecule has 1 aromatic rings. The maximum Gasteiger partial charge on any atom is 0.300 e. The van der Waals surface area contributed by atoms with E-state index in [-0.39, 0.29) is 34.4 Å². The van der Waals surface area contributed by atoms with Crippen LogP contribution >= 0.6 is 23.2 Å². The predicted octanol–water partition coefficient (Wildman–Crippen LogP) is 1.82. The second-order valence-corrected chi connectivity index (χ2v) is 4.88. The monoisotopic (exact) mass is 312 g/mol. The summed E-state index contributed by atoms with van der Waals surface area (Å²) < 4.78 is 0. The molecule has 0 bridgehead atoms. The van der Waals surface area contributed by atoms with Crippen LogP contribution in [0.3, 0.4) is 0 Å². The molecule has 0 saturated heterocycles. The minimum atomic E-state index is -0.816. The first-order valence-corrected chi connectivity index (χ1v) is 6.44. The topological polar surface area (TPSA) is 66.5 Å². The second-order valence-electron chi connectivity index (χ2n) is 4.07. The van der Waals surface area contributed by atoms with Gasteiger partial charge in [-0.25, -0.2) is 0 Å². The molecule has 0 radical (unpaired) electrons. The molecule has 0 unspecified atom stereocenters. The minimum Gasteiger partial charge on any atom is -0.351 e. The molecule has 5 nitrogen and oxygen atoms in total. The van der Waals surface area contributed by atoms with Crippen molar-refractivity contribution in [1.29, 1.82) is 0 Å². The quantitative estimate of drug-likeness (QED) is 0.681. The van der Waals surface area contributed by atoms with E-state index in [1.54, 1.807) is 0 Å². The highest BCUT2D eigenvalue weighted by atomic mass is 35.5. The lowest BCUT2D eigenvalue weighted by Crippen LogP contribution is -2.40. The van der Waals surface area contributed by atoms with E-state index in [1.807, 2.05) is 0 Å². The predicted molar refractivity (Wildman–Crippen MR) is 76.4 cm³/mol. The summed E-state index contributed by atoms with van der Waals surface area (Å²) in [6.45, 7) is 3.43. The summed E-state index contributed by atoms with van der Waals surface area (Å²) >= 11 is 11.9. The number of hydrogen-bond acceptors (Lipinski definition) is 3. The molecule has 0 spiro atoms. The molecule has 0 aliphatic carbocycles. The first kappa shape index (κ1) is 14.6. The zero-order chi connectivity index (χ0) is 14.9. The molecule has 2 rings (SSSR count). The fraction of sp³-hybridized carbons (Fsp3) is 0.154. The number of carbonyl (C=O) groups is 3. The van der Waals surface area contributed by atoms with Gasteiger partial charge in [-0.1, -0.05) is 29.3 Å². The van der Waals surface area contributed by atoms with E-state index in [0.29, 0.717) is 0 Å². The molecule has 1 N–H and O–H groups in total. The summed E-state index contributed by atoms with van der Waals surface area (Å²) in [5.41, 5.74) is 0.226. The van der Waals surface area contributed by atoms with Crippen LogP contribution in [0.4, 0.5) is 5.69 Å². The van der Waals surface area contributed by atoms with Gasteiger partial charge in [-0.15, -0.1) is 6.58 Å². The zero-order valence-electron chi connectivity index (χ0n) is 10.3. The fourth-order valence-corrected chi connectivity index (χ4v) is 2.39. The van der Waals surface area contributed by atoms with Gasteiger partial charge in [0.05, 0.1) is 21.3 Å². The molecule has 104 valence electrons. The molecule has 2 amide bonds. The van der Waals surface area contributed by atoms with Crippen molar-refractivity contribution in [3.63, 3.8) is 0 Å². The number of amides is 2. The number of halogens is 2. The molecular weight excluding hydrogens is 303 g/mol. The highest BCUT2D eigenvalue weighted by Crippen LogP contribution is 2.39. The van der Waals surface area contributed by atoms with E-state index in [1.165, 1.54) is 18.2 Å². The Hall–Kier alpha value is -1.85. The smallest absolute Gasteiger partial charge is 0.300 e. The van der Waals surface area contributed by atoms with E-state index >= 15 is 0 Å². The van der Waals surface area contributed by atoms with E-state index in [9.17, 15) is 14.4 Å². The number of carbonyl (C=O) groups excluding carboxylic acids is 3. The third-order valence-electron chi connectivity index (χ3n) is 2.76. The third-order valence-corrected chi connectivity index (χ3v) is 3.38. The molecule has 20 heavy (non-hydrogen) atoms. The highest BCUT2D eigenvalue weighted by molar-refractivity contribution is 6.57. The molecule has 1 aliphatic rings. The molecule has 0 aromatic heterocycles. The van der Waals surface area contributed by atoms with Gasteiger partial charge >= 0.3 is 0 Å². The van der Waals surface area contributed by atoms with Gasteiger partial charge in [-0.3, -0.25) is 19.3 Å². The van der Waals surface area contributed by atoms with Crippen LogP contribution in [0, 0.1) is 0 Å². The summed E-state index contributed by atoms with van der Waals surface area (Å²) in [4.78, 5) is 36.5. The highest BCUT2D eigenvalue weighted by Gasteiger charge is 2.40. The van der Waals surface area contributed by atoms with E-state index in [0.717, 1.165) is 4.90 Å². The summed E-state index contributed by atoms with van der Waals surface area (Å²) in [5, 5.41) is 2.85. The number of ketones is 1. The van der Waals surface area contributed by atoms with Crippen molar-refractivity contribution < 1.29 is 14.4 Å². The Morgan fingerprint density at radius 2 is 1.95 bits per heavy atom. The van der Waals surface area contributed by atoms with E-state index in [4.69, 9.17) is 23.2 Å². The molecule has 0 fully saturated rings. The molecule has 1 aromatic carbocycles. The first-order valence-electron chi connectivity index (χ1n) is 5.69. The van der Waals surface area contributed by atoms with Gasteiger partial charge in [0.1, 0.15) is 6.54 Å². The number of benzene rings is 1. The summed E-state index contributed by atoms with van der Waals surface area (Å²) in [6, 6.07) is 2.92. The molecule has 0 saturated carbocycles. The number of rotatable bonds is 4. The summed E-state index contributed by atoms with van der Waals surface area (Å²) in [5.74, 6) is -2.00. The molecule has 1 aliphatic heterocycles. The molecular formula is C13H10Cl2N2O3. The standard InChI is InChI=1S/C13H10Cl2N2O3/c1-2-5-16-9(18)6-17-11-8(15)4-3-7(14)10(11)12(19)13(17)20/h2-4H,1,5-6H2,(H,16,18). The average molecular weight is 313 g/mol. The van der Waals surface area contributed by atoms with Crippen LogP contribution in [0.25, 0.3) is 0 Å². The van der Waals surface area contributed by atoms with Crippen molar-refractivity contribution in [2.75, 3.05) is 18.0 Å². The second kappa shape index (κ2) is 5.64. The van der Waals surface area contributed by atoms with Crippen LogP contribution in [0.15, 0.2) is 24.8 Å². The van der Waals surface area contributed by atoms with Crippen molar-refractivity contribution >= 4 is 46.5 Å². The van der Waals surface area contributed by atoms with Crippen molar-refractivity contribution in [2.24, 2.45) is 0 Å². The SMILES string of the molecule is C=CCNC(=O)CN1C(=O)C(=O)c2c(Cl)ccc(Cl)c21. The number of fused-ring (bicyclic) bond motifs is 1. The number of nitrogens with one attached hydrogen (secondary N) is 1. The van der Waals surface area contributed by atoms with Gasteiger partial charge in [0.15, 0.2) is 0 Å². The Morgan fingerprint density at radius 1 is 1.30 bits per heavy atom. The maximum absolute atomic E-state index is 11.9. The lowest BCUT2D eigenvalue weighted by Gasteiger charge is -2.17. The van der Waals surface area contributed by atoms with Gasteiger partial charge in [0, 0.05) is 6.54 Å². The van der Waals surface area contributed by atoms with Crippen molar-refractivity contribution in [3.05, 3.63) is 40.4 Å². The van der Waals surface area contributed by atoms with Crippen LogP contribution in [0.2, 0.25) is 10.0 Å². The maximum atomic E-state index is 11.9. The van der Waals surface area contributed by atoms with Crippen LogP contribution < -0.4 is 10.2 Å². The van der Waals surface area contributed by atoms with Crippen molar-refractivity contribution in [2.45, 2.75) is 0 Å². The normalized spacial score (nSPS) is 13.4. The Balaban J connectivity index is 2.36. The Bertz CT molecular complexity index is 628. The van der Waals surface area contributed by atoms with Crippen molar-refractivity contribution in [1.82, 2.24) is 5.32 Å². The largest absolute Gasteiger partial charge is 0.351 e. The summed E-state index contributed by atoms with van der Waals surface area (Å²) in [6.07, 6.45) is 1.51. The Morgan fingerprint density at radius 3 is 2.60 bits per heavy atom. The Labute approximate surface area is 125 Å². The van der Waals surface area contributed by atoms with Crippen LogP contribution in [-0.4, -0.2) is 30.7 Å². The average Bonchev–Trinajstić information content (AvgIpc) is 2.67. The van der Waals surface area contributed by atoms with Gasteiger partial charge < -0.3 is 5.32 Å². The number of hydrogen-bond donors (Lipinski definition) is 1. The number of anilines is 1. The minimum absolute atomic E-state index is 0.0423. The third kappa shape index (κ3) is 2.42. The van der Waals surface area contributed by atoms with Gasteiger partial charge in [-0.05, 0) is 12.1 Å². The lowest BCUT2D eigenvalue weighted by atomic mass is 10.1. The first-order chi connectivity index (χ1) is 9.47. The lowest BCUT2D eigenvalue weighted by molar-refractivity contribution is -0.122. The van der Waals surface area contributed by atoms with Gasteiger partial charge in [0.2, 0.25) is 5.91 Å². The zero-order valence-corrected chi connectivity index (χ0v) is 11.8. The van der Waals surface area contributed by atoms with Crippen LogP contribution in [0.1, 0.15) is 10.4 Å². The number of nitrogens with zero attached hydrogens (tertiary/aromatic N) is 1. The van der Waals surface area contributed by atoms with Crippen LogP contribution in [-0.2, 0) is 9.59 Å². The van der Waals surface area contributed by atoms with Crippen molar-refractivity contribution in [3.8, 4) is 0 Å². The van der Waals surface area contributed by atoms with E-state index in [2.05, 4.69) is 11.9 Å². The molecule has 0 atom stereocenters. The number of Topliss-reactive ketones (excluding diaryl/α,β-unsaturated/α-hetero) is 1.